The van der Waals surface area contributed by atoms with Gasteiger partial charge in [0.25, 0.3) is 0 Å². The summed E-state index contributed by atoms with van der Waals surface area (Å²) in [5.41, 5.74) is 0.367. The predicted octanol–water partition coefficient (Wildman–Crippen LogP) is 3.04. The summed E-state index contributed by atoms with van der Waals surface area (Å²) in [7, 11) is 0. The fraction of sp³-hybridized carbons (Fsp3) is 0.643. The van der Waals surface area contributed by atoms with Gasteiger partial charge in [0.1, 0.15) is 5.60 Å². The number of carbonyl (C=O) groups is 1. The Hall–Kier alpha value is -0.890. The van der Waals surface area contributed by atoms with Gasteiger partial charge in [-0.05, 0) is 39.0 Å². The number of ketones is 1. The Labute approximate surface area is 97.4 Å². The average Bonchev–Trinajstić information content (AvgIpc) is 2.83. The minimum atomic E-state index is -0.512. The molecule has 0 radical (unpaired) electrons. The minimum absolute atomic E-state index is 0.222. The van der Waals surface area contributed by atoms with E-state index >= 15 is 0 Å². The van der Waals surface area contributed by atoms with Gasteiger partial charge >= 0.3 is 0 Å². The van der Waals surface area contributed by atoms with Crippen molar-refractivity contribution in [3.8, 4) is 0 Å². The molecule has 0 aromatic heterocycles. The molecular formula is C14H20O2. The molecular weight excluding hydrogens is 200 g/mol. The smallest absolute Gasteiger partial charge is 0.167 e. The Morgan fingerprint density at radius 1 is 1.69 bits per heavy atom. The second-order valence-corrected chi connectivity index (χ2v) is 5.33. The van der Waals surface area contributed by atoms with E-state index in [0.29, 0.717) is 12.3 Å². The molecule has 0 bridgehead atoms. The zero-order valence-electron chi connectivity index (χ0n) is 10.2. The fourth-order valence-electron chi connectivity index (χ4n) is 2.88. The maximum absolute atomic E-state index is 12.0. The molecule has 2 aliphatic rings. The highest BCUT2D eigenvalue weighted by Crippen LogP contribution is 2.60. The van der Waals surface area contributed by atoms with Crippen LogP contribution in [0.25, 0.3) is 0 Å². The van der Waals surface area contributed by atoms with Crippen LogP contribution in [-0.2, 0) is 9.53 Å². The third-order valence-electron chi connectivity index (χ3n) is 4.22. The zero-order chi connectivity index (χ0) is 12.0. The Morgan fingerprint density at radius 2 is 2.38 bits per heavy atom. The van der Waals surface area contributed by atoms with Crippen LogP contribution in [0.4, 0.5) is 0 Å². The lowest BCUT2D eigenvalue weighted by molar-refractivity contribution is -0.125. The van der Waals surface area contributed by atoms with Crippen molar-refractivity contribution in [2.75, 3.05) is 0 Å². The normalized spacial score (nSPS) is 41.4. The number of Topliss-reactive ketones (excluding diaryl/α,β-unsaturated/α-hetero) is 1. The molecule has 1 aliphatic carbocycles. The minimum Gasteiger partial charge on any atom is -0.354 e. The van der Waals surface area contributed by atoms with Crippen molar-refractivity contribution in [3.05, 3.63) is 24.8 Å². The van der Waals surface area contributed by atoms with Crippen LogP contribution in [0.2, 0.25) is 0 Å². The van der Waals surface area contributed by atoms with E-state index in [1.807, 2.05) is 19.9 Å². The molecule has 3 atom stereocenters. The van der Waals surface area contributed by atoms with Gasteiger partial charge in [-0.1, -0.05) is 18.2 Å². The second kappa shape index (κ2) is 3.56. The van der Waals surface area contributed by atoms with Crippen molar-refractivity contribution >= 4 is 5.78 Å². The molecule has 2 fully saturated rings. The highest BCUT2D eigenvalue weighted by atomic mass is 16.6. The van der Waals surface area contributed by atoms with Gasteiger partial charge in [0.2, 0.25) is 0 Å². The zero-order valence-corrected chi connectivity index (χ0v) is 10.2. The number of hydrogen-bond donors (Lipinski definition) is 0. The second-order valence-electron chi connectivity index (χ2n) is 5.33. The molecule has 88 valence electrons. The third-order valence-corrected chi connectivity index (χ3v) is 4.22. The molecule has 0 unspecified atom stereocenters. The number of rotatable bonds is 4. The summed E-state index contributed by atoms with van der Waals surface area (Å²) in [4.78, 5) is 12.0. The highest BCUT2D eigenvalue weighted by Gasteiger charge is 2.72. The summed E-state index contributed by atoms with van der Waals surface area (Å²) >= 11 is 0. The predicted molar refractivity (Wildman–Crippen MR) is 64.2 cm³/mol. The van der Waals surface area contributed by atoms with Gasteiger partial charge in [0.15, 0.2) is 11.4 Å². The van der Waals surface area contributed by atoms with Gasteiger partial charge in [-0.2, -0.15) is 0 Å². The van der Waals surface area contributed by atoms with Gasteiger partial charge in [-0.25, -0.2) is 0 Å². The molecule has 1 saturated carbocycles. The molecule has 0 amide bonds. The highest BCUT2D eigenvalue weighted by molar-refractivity contribution is 5.93. The topological polar surface area (TPSA) is 29.6 Å². The Morgan fingerprint density at radius 3 is 2.94 bits per heavy atom. The Balaban J connectivity index is 2.17. The molecule has 0 spiro atoms. The standard InChI is InChI=1S/C14H20O2/c1-5-6-7-14-9-11(10(2)3)8-12(15)13(14,4)16-14/h5,11H,1-2,6-9H2,3-4H3/t11-,13-,14+/m1/s1. The third kappa shape index (κ3) is 1.47. The molecule has 0 aromatic rings. The van der Waals surface area contributed by atoms with Crippen molar-refractivity contribution in [3.63, 3.8) is 0 Å². The van der Waals surface area contributed by atoms with Crippen LogP contribution in [-0.4, -0.2) is 17.0 Å². The molecule has 0 N–H and O–H groups in total. The monoisotopic (exact) mass is 220 g/mol. The first-order valence-electron chi connectivity index (χ1n) is 5.95. The van der Waals surface area contributed by atoms with Crippen LogP contribution in [0, 0.1) is 5.92 Å². The molecule has 0 aromatic carbocycles. The quantitative estimate of drug-likeness (QED) is 0.538. The van der Waals surface area contributed by atoms with Crippen LogP contribution in [0.1, 0.15) is 39.5 Å². The number of epoxide rings is 1. The largest absolute Gasteiger partial charge is 0.354 e. The molecule has 16 heavy (non-hydrogen) atoms. The summed E-state index contributed by atoms with van der Waals surface area (Å²) in [5.74, 6) is 0.545. The maximum Gasteiger partial charge on any atom is 0.167 e. The van der Waals surface area contributed by atoms with Crippen molar-refractivity contribution in [2.45, 2.75) is 50.7 Å². The van der Waals surface area contributed by atoms with Gasteiger partial charge in [0, 0.05) is 6.42 Å². The summed E-state index contributed by atoms with van der Waals surface area (Å²) in [6, 6.07) is 0. The van der Waals surface area contributed by atoms with Gasteiger partial charge < -0.3 is 4.74 Å². The SMILES string of the molecule is C=CCC[C@]12C[C@H](C(=C)C)CC(=O)[C@@]1(C)O2. The molecule has 1 heterocycles. The van der Waals surface area contributed by atoms with Gasteiger partial charge in [-0.15, -0.1) is 6.58 Å². The summed E-state index contributed by atoms with van der Waals surface area (Å²) in [5, 5.41) is 0. The van der Waals surface area contributed by atoms with Crippen molar-refractivity contribution in [1.29, 1.82) is 0 Å². The molecule has 1 saturated heterocycles. The number of ether oxygens (including phenoxy) is 1. The van der Waals surface area contributed by atoms with Crippen molar-refractivity contribution < 1.29 is 9.53 Å². The van der Waals surface area contributed by atoms with E-state index in [0.717, 1.165) is 24.8 Å². The van der Waals surface area contributed by atoms with Crippen LogP contribution >= 0.6 is 0 Å². The van der Waals surface area contributed by atoms with Crippen LogP contribution in [0.3, 0.4) is 0 Å². The first-order valence-corrected chi connectivity index (χ1v) is 5.95. The van der Waals surface area contributed by atoms with Crippen molar-refractivity contribution in [1.82, 2.24) is 0 Å². The lowest BCUT2D eigenvalue weighted by atomic mass is 9.70. The lowest BCUT2D eigenvalue weighted by Gasteiger charge is -2.28. The molecule has 1 aliphatic heterocycles. The van der Waals surface area contributed by atoms with Gasteiger partial charge in [0.05, 0.1) is 0 Å². The number of allylic oxidation sites excluding steroid dienone is 2. The van der Waals surface area contributed by atoms with Crippen LogP contribution in [0.5, 0.6) is 0 Å². The molecule has 2 heteroatoms. The lowest BCUT2D eigenvalue weighted by Crippen LogP contribution is -2.39. The first-order chi connectivity index (χ1) is 7.45. The maximum atomic E-state index is 12.0. The van der Waals surface area contributed by atoms with E-state index < -0.39 is 5.60 Å². The average molecular weight is 220 g/mol. The fourth-order valence-corrected chi connectivity index (χ4v) is 2.88. The molecule has 2 nitrogen and oxygen atoms in total. The Kier molecular flexibility index (Phi) is 2.58. The molecule has 2 rings (SSSR count). The van der Waals surface area contributed by atoms with Crippen LogP contribution < -0.4 is 0 Å². The number of fused-ring (bicyclic) bond motifs is 1. The van der Waals surface area contributed by atoms with Crippen molar-refractivity contribution in [2.24, 2.45) is 5.92 Å². The summed E-state index contributed by atoms with van der Waals surface area (Å²) in [6.07, 6.45) is 5.25. The summed E-state index contributed by atoms with van der Waals surface area (Å²) < 4.78 is 5.81. The van der Waals surface area contributed by atoms with Crippen LogP contribution in [0.15, 0.2) is 24.8 Å². The number of hydrogen-bond acceptors (Lipinski definition) is 2. The van der Waals surface area contributed by atoms with E-state index in [4.69, 9.17) is 4.74 Å². The van der Waals surface area contributed by atoms with E-state index in [1.165, 1.54) is 0 Å². The summed E-state index contributed by atoms with van der Waals surface area (Å²) in [6.45, 7) is 11.6. The van der Waals surface area contributed by atoms with Gasteiger partial charge in [-0.3, -0.25) is 4.79 Å². The van der Waals surface area contributed by atoms with E-state index in [9.17, 15) is 4.79 Å². The van der Waals surface area contributed by atoms with E-state index in [1.54, 1.807) is 0 Å². The number of carbonyl (C=O) groups excluding carboxylic acids is 1. The van der Waals surface area contributed by atoms with E-state index in [2.05, 4.69) is 13.2 Å². The van der Waals surface area contributed by atoms with E-state index in [-0.39, 0.29) is 11.4 Å². The Bertz CT molecular complexity index is 358. The first kappa shape index (κ1) is 11.6.